The summed E-state index contributed by atoms with van der Waals surface area (Å²) in [5.41, 5.74) is 5.40. The summed E-state index contributed by atoms with van der Waals surface area (Å²) in [6.07, 6.45) is 6.19. The topological polar surface area (TPSA) is 137 Å². The molecule has 63 heavy (non-hydrogen) atoms. The number of sulfonamides is 1. The first-order valence-electron chi connectivity index (χ1n) is 21.8. The number of anilines is 2. The number of likely N-dealkylation sites (tertiary alicyclic amines) is 1. The van der Waals surface area contributed by atoms with Crippen molar-refractivity contribution in [1.29, 1.82) is 0 Å². The maximum atomic E-state index is 13.5. The third kappa shape index (κ3) is 12.6. The van der Waals surface area contributed by atoms with Gasteiger partial charge in [-0.05, 0) is 116 Å². The third-order valence-corrected chi connectivity index (χ3v) is 15.3. The van der Waals surface area contributed by atoms with E-state index in [1.165, 1.54) is 28.8 Å². The van der Waals surface area contributed by atoms with E-state index in [4.69, 9.17) is 16.3 Å². The minimum Gasteiger partial charge on any atom is -0.381 e. The molecule has 2 fully saturated rings. The van der Waals surface area contributed by atoms with E-state index < -0.39 is 20.9 Å². The number of amides is 1. The second kappa shape index (κ2) is 21.0. The molecule has 1 amide bonds. The van der Waals surface area contributed by atoms with Gasteiger partial charge in [0.25, 0.3) is 21.6 Å². The van der Waals surface area contributed by atoms with Crippen molar-refractivity contribution >= 4 is 61.9 Å². The van der Waals surface area contributed by atoms with E-state index in [9.17, 15) is 23.3 Å². The first kappa shape index (κ1) is 46.5. The van der Waals surface area contributed by atoms with Crippen LogP contribution in [-0.4, -0.2) is 106 Å². The summed E-state index contributed by atoms with van der Waals surface area (Å²) in [7, 11) is -2.70. The smallest absolute Gasteiger partial charge is 0.293 e. The molecule has 15 heteroatoms. The monoisotopic (exact) mass is 914 g/mol. The Kier molecular flexibility index (Phi) is 15.5. The average Bonchev–Trinajstić information content (AvgIpc) is 3.28. The molecule has 2 saturated heterocycles. The molecule has 336 valence electrons. The lowest BCUT2D eigenvalue weighted by molar-refractivity contribution is -0.384. The second-order valence-electron chi connectivity index (χ2n) is 17.6. The van der Waals surface area contributed by atoms with Crippen LogP contribution in [0.1, 0.15) is 68.3 Å². The van der Waals surface area contributed by atoms with Crippen LogP contribution in [0.5, 0.6) is 0 Å². The molecule has 0 aromatic heterocycles. The van der Waals surface area contributed by atoms with Gasteiger partial charge in [0.1, 0.15) is 5.69 Å². The van der Waals surface area contributed by atoms with Gasteiger partial charge in [0.2, 0.25) is 0 Å². The van der Waals surface area contributed by atoms with Crippen molar-refractivity contribution in [1.82, 2.24) is 14.5 Å². The Balaban J connectivity index is 0.960. The maximum Gasteiger partial charge on any atom is 0.293 e. The van der Waals surface area contributed by atoms with E-state index >= 15 is 0 Å². The van der Waals surface area contributed by atoms with Gasteiger partial charge in [-0.15, -0.1) is 11.8 Å². The standard InChI is InChI=1S/C48H59ClN6O6S2/c1-48(2)23-19-44(35-9-13-38(49)14-10-35)37(32-48)33-53-27-29-54(30-28-53)40-15-11-36(12-16-40)47(56)51-63(59,60)43-17-18-45(46(31-43)55(57)58)50-39(34-62-42-7-5-4-6-8-42)20-24-52-25-21-41(61-3)22-26-52/h4-18,31,39,41,50H,19-30,32-34H2,1-3H3,(H,51,56)/t39-/m1/s1. The van der Waals surface area contributed by atoms with Crippen molar-refractivity contribution in [3.8, 4) is 0 Å². The van der Waals surface area contributed by atoms with Gasteiger partial charge in [0, 0.05) is 98.5 Å². The molecule has 2 N–H and O–H groups in total. The lowest BCUT2D eigenvalue weighted by atomic mass is 9.73. The number of thioether (sulfide) groups is 1. The quantitative estimate of drug-likeness (QED) is 0.0596. The maximum absolute atomic E-state index is 13.5. The number of piperazine rings is 1. The van der Waals surface area contributed by atoms with Crippen LogP contribution >= 0.6 is 23.4 Å². The molecule has 1 aliphatic carbocycles. The Bertz CT molecular complexity index is 2330. The van der Waals surface area contributed by atoms with Crippen LogP contribution in [0, 0.1) is 15.5 Å². The molecule has 4 aromatic carbocycles. The Morgan fingerprint density at radius 2 is 1.63 bits per heavy atom. The average molecular weight is 916 g/mol. The van der Waals surface area contributed by atoms with Crippen LogP contribution in [0.15, 0.2) is 112 Å². The number of carbonyl (C=O) groups is 1. The Morgan fingerprint density at radius 1 is 0.937 bits per heavy atom. The van der Waals surface area contributed by atoms with Crippen molar-refractivity contribution in [3.63, 3.8) is 0 Å². The van der Waals surface area contributed by atoms with E-state index in [0.29, 0.717) is 5.75 Å². The van der Waals surface area contributed by atoms with Gasteiger partial charge in [-0.2, -0.15) is 0 Å². The Morgan fingerprint density at radius 3 is 2.30 bits per heavy atom. The van der Waals surface area contributed by atoms with Crippen molar-refractivity contribution in [2.75, 3.05) is 75.4 Å². The second-order valence-corrected chi connectivity index (χ2v) is 20.9. The third-order valence-electron chi connectivity index (χ3n) is 12.6. The SMILES string of the molecule is COC1CCN(CC[C@H](CSc2ccccc2)Nc2ccc(S(=O)(=O)NC(=O)c3ccc(N4CCN(CC5=C(c6ccc(Cl)cc6)CCC(C)(C)C5)CC4)cc3)cc2[N+](=O)[O-])CC1. The molecule has 0 spiro atoms. The molecule has 0 radical (unpaired) electrons. The van der Waals surface area contributed by atoms with Crippen molar-refractivity contribution in [3.05, 3.63) is 129 Å². The number of piperidine rings is 1. The normalized spacial score (nSPS) is 18.3. The predicted molar refractivity (Wildman–Crippen MR) is 255 cm³/mol. The molecule has 2 aliphatic heterocycles. The van der Waals surface area contributed by atoms with Crippen LogP contribution in [-0.2, 0) is 14.8 Å². The zero-order valence-electron chi connectivity index (χ0n) is 36.4. The van der Waals surface area contributed by atoms with Crippen LogP contribution in [0.3, 0.4) is 0 Å². The molecule has 0 bridgehead atoms. The fraction of sp³-hybridized carbons (Fsp3) is 0.438. The van der Waals surface area contributed by atoms with Gasteiger partial charge in [0.15, 0.2) is 0 Å². The highest BCUT2D eigenvalue weighted by Gasteiger charge is 2.30. The summed E-state index contributed by atoms with van der Waals surface area (Å²) in [6, 6.07) is 28.6. The van der Waals surface area contributed by atoms with E-state index in [2.05, 4.69) is 50.7 Å². The number of hydrogen-bond acceptors (Lipinski definition) is 11. The molecule has 0 unspecified atom stereocenters. The fourth-order valence-corrected chi connectivity index (χ4v) is 11.0. The molecule has 2 heterocycles. The van der Waals surface area contributed by atoms with Gasteiger partial charge in [-0.3, -0.25) is 19.8 Å². The zero-order chi connectivity index (χ0) is 44.6. The summed E-state index contributed by atoms with van der Waals surface area (Å²) in [6.45, 7) is 11.7. The number of carbonyl (C=O) groups excluding carboxylic acids is 1. The lowest BCUT2D eigenvalue weighted by Gasteiger charge is -2.39. The highest BCUT2D eigenvalue weighted by Crippen LogP contribution is 2.43. The Hall–Kier alpha value is -4.44. The summed E-state index contributed by atoms with van der Waals surface area (Å²) in [5.74, 6) is -0.172. The molecule has 7 rings (SSSR count). The number of rotatable bonds is 17. The first-order valence-corrected chi connectivity index (χ1v) is 24.7. The van der Waals surface area contributed by atoms with Gasteiger partial charge in [-0.25, -0.2) is 13.1 Å². The lowest BCUT2D eigenvalue weighted by Crippen LogP contribution is -2.47. The number of benzene rings is 4. The van der Waals surface area contributed by atoms with Crippen LogP contribution in [0.4, 0.5) is 17.1 Å². The molecule has 4 aromatic rings. The number of nitro benzene ring substituents is 1. The molecular formula is C48H59ClN6O6S2. The molecule has 0 saturated carbocycles. The predicted octanol–water partition coefficient (Wildman–Crippen LogP) is 9.23. The summed E-state index contributed by atoms with van der Waals surface area (Å²) >= 11 is 7.86. The largest absolute Gasteiger partial charge is 0.381 e. The summed E-state index contributed by atoms with van der Waals surface area (Å²) in [4.78, 5) is 33.0. The number of nitro groups is 1. The van der Waals surface area contributed by atoms with E-state index in [1.807, 2.05) is 54.6 Å². The first-order chi connectivity index (χ1) is 30.2. The van der Waals surface area contributed by atoms with Gasteiger partial charge >= 0.3 is 0 Å². The summed E-state index contributed by atoms with van der Waals surface area (Å²) in [5, 5.41) is 16.5. The number of hydrogen-bond donors (Lipinski definition) is 2. The van der Waals surface area contributed by atoms with E-state index in [-0.39, 0.29) is 39.4 Å². The highest BCUT2D eigenvalue weighted by molar-refractivity contribution is 7.99. The zero-order valence-corrected chi connectivity index (χ0v) is 38.8. The van der Waals surface area contributed by atoms with E-state index in [1.54, 1.807) is 31.0 Å². The number of nitrogens with one attached hydrogen (secondary N) is 2. The minimum absolute atomic E-state index is 0.149. The van der Waals surface area contributed by atoms with Gasteiger partial charge < -0.3 is 19.9 Å². The molecule has 12 nitrogen and oxygen atoms in total. The van der Waals surface area contributed by atoms with Gasteiger partial charge in [0.05, 0.1) is 15.9 Å². The number of halogens is 1. The molecule has 1 atom stereocenters. The number of allylic oxidation sites excluding steroid dienone is 1. The van der Waals surface area contributed by atoms with Crippen molar-refractivity contribution in [2.45, 2.75) is 74.3 Å². The highest BCUT2D eigenvalue weighted by atomic mass is 35.5. The number of nitrogens with zero attached hydrogens (tertiary/aromatic N) is 4. The van der Waals surface area contributed by atoms with Crippen molar-refractivity contribution < 1.29 is 22.9 Å². The van der Waals surface area contributed by atoms with Gasteiger partial charge in [-0.1, -0.05) is 61.4 Å². The van der Waals surface area contributed by atoms with Crippen LogP contribution < -0.4 is 14.9 Å². The summed E-state index contributed by atoms with van der Waals surface area (Å²) < 4.78 is 34.7. The Labute approximate surface area is 381 Å². The number of ether oxygens (including phenoxy) is 1. The van der Waals surface area contributed by atoms with E-state index in [0.717, 1.165) is 113 Å². The number of methoxy groups -OCH3 is 1. The molecular weight excluding hydrogens is 856 g/mol. The van der Waals surface area contributed by atoms with Crippen LogP contribution in [0.25, 0.3) is 5.57 Å². The fourth-order valence-electron chi connectivity index (χ4n) is 8.85. The minimum atomic E-state index is -4.45. The van der Waals surface area contributed by atoms with Crippen LogP contribution in [0.2, 0.25) is 5.02 Å². The molecule has 3 aliphatic rings. The van der Waals surface area contributed by atoms with Crippen molar-refractivity contribution in [2.24, 2.45) is 5.41 Å².